The first-order valence-corrected chi connectivity index (χ1v) is 5.79. The van der Waals surface area contributed by atoms with Gasteiger partial charge in [-0.2, -0.15) is 0 Å². The average Bonchev–Trinajstić information content (AvgIpc) is 2.79. The highest BCUT2D eigenvalue weighted by atomic mass is 32.1. The minimum atomic E-state index is -2.73. The summed E-state index contributed by atoms with van der Waals surface area (Å²) in [6.45, 7) is -1.72. The molecule has 7 heteroatoms. The lowest BCUT2D eigenvalue weighted by molar-refractivity contribution is 0.628. The summed E-state index contributed by atoms with van der Waals surface area (Å²) in [6, 6.07) is 3.79. The number of aryl methyl sites for hydroxylation is 1. The topological polar surface area (TPSA) is 55.1 Å². The van der Waals surface area contributed by atoms with E-state index in [1.54, 1.807) is 0 Å². The van der Waals surface area contributed by atoms with Crippen molar-refractivity contribution in [3.05, 3.63) is 39.1 Å². The lowest BCUT2D eigenvalue weighted by atomic mass is 10.2. The van der Waals surface area contributed by atoms with Crippen molar-refractivity contribution in [2.75, 3.05) is 0 Å². The largest absolute Gasteiger partial charge is 0.276 e. The normalized spacial score (nSPS) is 16.1. The zero-order valence-corrected chi connectivity index (χ0v) is 10.6. The molecule has 0 atom stereocenters. The van der Waals surface area contributed by atoms with E-state index in [4.69, 9.17) is 17.7 Å². The molecular formula is C12H11FN4OS. The van der Waals surface area contributed by atoms with Crippen molar-refractivity contribution in [1.29, 1.82) is 0 Å². The van der Waals surface area contributed by atoms with Crippen LogP contribution >= 0.6 is 12.2 Å². The molecule has 5 nitrogen and oxygen atoms in total. The lowest BCUT2D eigenvalue weighted by Crippen LogP contribution is -2.23. The fourth-order valence-corrected chi connectivity index (χ4v) is 2.20. The van der Waals surface area contributed by atoms with Crippen LogP contribution in [0.5, 0.6) is 0 Å². The molecule has 0 spiro atoms. The second-order valence-corrected chi connectivity index (χ2v) is 4.19. The molecule has 0 aliphatic carbocycles. The Morgan fingerprint density at radius 1 is 1.58 bits per heavy atom. The highest BCUT2D eigenvalue weighted by molar-refractivity contribution is 7.71. The maximum absolute atomic E-state index is 14.2. The summed E-state index contributed by atoms with van der Waals surface area (Å²) in [4.78, 5) is 12.7. The number of hydrogen-bond acceptors (Lipinski definition) is 3. The van der Waals surface area contributed by atoms with Gasteiger partial charge in [0.05, 0.1) is 10.9 Å². The van der Waals surface area contributed by atoms with Gasteiger partial charge in [-0.05, 0) is 30.7 Å². The number of rotatable bonds is 2. The van der Waals surface area contributed by atoms with E-state index >= 15 is 0 Å². The van der Waals surface area contributed by atoms with E-state index in [2.05, 4.69) is 10.2 Å². The number of benzene rings is 1. The summed E-state index contributed by atoms with van der Waals surface area (Å²) in [7, 11) is 0. The molecule has 2 heterocycles. The second-order valence-electron chi connectivity index (χ2n) is 3.80. The van der Waals surface area contributed by atoms with Gasteiger partial charge < -0.3 is 0 Å². The second kappa shape index (κ2) is 4.27. The van der Waals surface area contributed by atoms with Gasteiger partial charge in [0.1, 0.15) is 5.82 Å². The van der Waals surface area contributed by atoms with Crippen molar-refractivity contribution >= 4 is 28.9 Å². The van der Waals surface area contributed by atoms with Crippen molar-refractivity contribution < 1.29 is 9.87 Å². The number of halogens is 1. The molecule has 3 aromatic rings. The molecule has 0 aliphatic rings. The van der Waals surface area contributed by atoms with Crippen molar-refractivity contribution in [2.24, 2.45) is 0 Å². The van der Waals surface area contributed by atoms with Gasteiger partial charge in [-0.25, -0.2) is 9.49 Å². The monoisotopic (exact) mass is 282 g/mol. The van der Waals surface area contributed by atoms with Crippen LogP contribution in [-0.4, -0.2) is 19.2 Å². The molecule has 3 rings (SSSR count). The Morgan fingerprint density at radius 3 is 3.11 bits per heavy atom. The molecule has 0 aliphatic heterocycles. The van der Waals surface area contributed by atoms with Gasteiger partial charge in [0, 0.05) is 12.0 Å². The van der Waals surface area contributed by atoms with Crippen molar-refractivity contribution in [1.82, 2.24) is 19.2 Å². The minimum absolute atomic E-state index is 0.0312. The number of hydrogen-bond donors (Lipinski definition) is 1. The predicted octanol–water partition coefficient (Wildman–Crippen LogP) is 2.26. The zero-order chi connectivity index (χ0) is 17.2. The van der Waals surface area contributed by atoms with Crippen LogP contribution < -0.4 is 5.56 Å². The van der Waals surface area contributed by atoms with Crippen LogP contribution in [0.15, 0.2) is 23.0 Å². The van der Waals surface area contributed by atoms with E-state index in [1.165, 1.54) is 12.1 Å². The van der Waals surface area contributed by atoms with E-state index in [9.17, 15) is 9.18 Å². The van der Waals surface area contributed by atoms with Crippen molar-refractivity contribution in [2.45, 2.75) is 19.8 Å². The van der Waals surface area contributed by atoms with Crippen LogP contribution in [0.1, 0.15) is 18.8 Å². The molecule has 0 fully saturated rings. The van der Waals surface area contributed by atoms with Crippen LogP contribution in [0, 0.1) is 10.6 Å². The molecule has 19 heavy (non-hydrogen) atoms. The Hall–Kier alpha value is -2.02. The van der Waals surface area contributed by atoms with Crippen molar-refractivity contribution in [3.8, 4) is 0 Å². The highest BCUT2D eigenvalue weighted by Crippen LogP contribution is 2.16. The highest BCUT2D eigenvalue weighted by Gasteiger charge is 2.15. The van der Waals surface area contributed by atoms with Crippen molar-refractivity contribution in [3.63, 3.8) is 0 Å². The average molecular weight is 282 g/mol. The Balaban J connectivity index is 2.67. The number of nitrogens with one attached hydrogen (secondary N) is 1. The van der Waals surface area contributed by atoms with Gasteiger partial charge in [-0.15, -0.1) is 5.10 Å². The molecule has 1 aromatic carbocycles. The number of fused-ring (bicyclic) bond motifs is 3. The van der Waals surface area contributed by atoms with E-state index in [0.29, 0.717) is 4.57 Å². The first-order chi connectivity index (χ1) is 10.6. The Morgan fingerprint density at radius 2 is 2.37 bits per heavy atom. The summed E-state index contributed by atoms with van der Waals surface area (Å²) in [5.74, 6) is -1.01. The van der Waals surface area contributed by atoms with Crippen LogP contribution in [0.25, 0.3) is 16.7 Å². The maximum Gasteiger partial charge on any atom is 0.262 e. The van der Waals surface area contributed by atoms with E-state index in [1.807, 2.05) is 0 Å². The predicted molar refractivity (Wildman–Crippen MR) is 72.4 cm³/mol. The molecule has 1 N–H and O–H groups in total. The zero-order valence-electron chi connectivity index (χ0n) is 13.8. The quantitative estimate of drug-likeness (QED) is 0.733. The summed E-state index contributed by atoms with van der Waals surface area (Å²) in [5.41, 5.74) is -1.02. The number of aromatic amines is 1. The van der Waals surface area contributed by atoms with Gasteiger partial charge in [0.25, 0.3) is 5.56 Å². The Kier molecular flexibility index (Phi) is 1.85. The van der Waals surface area contributed by atoms with Gasteiger partial charge in [0.15, 0.2) is 0 Å². The molecule has 98 valence electrons. The molecule has 2 aromatic heterocycles. The third kappa shape index (κ3) is 1.61. The smallest absolute Gasteiger partial charge is 0.262 e. The van der Waals surface area contributed by atoms with Crippen LogP contribution in [0.2, 0.25) is 0 Å². The van der Waals surface area contributed by atoms with E-state index in [0.717, 1.165) is 17.4 Å². The van der Waals surface area contributed by atoms with Crippen LogP contribution in [0.4, 0.5) is 4.39 Å². The number of aromatic nitrogens is 4. The summed E-state index contributed by atoms with van der Waals surface area (Å²) >= 11 is 5.04. The standard InChI is InChI=1S/C12H11FN4OS/c1-2-6-16-10(18)7-4-3-5-8(13)9(7)17-11(16)14-15-12(17)19/h3-5H,2,6H2,1H3,(H,15,19)/i2D2,6D2. The molecule has 0 amide bonds. The summed E-state index contributed by atoms with van der Waals surface area (Å²) in [5, 5.41) is 6.05. The summed E-state index contributed by atoms with van der Waals surface area (Å²) in [6.07, 6.45) is -2.40. The fraction of sp³-hybridized carbons (Fsp3) is 0.250. The van der Waals surface area contributed by atoms with Crippen LogP contribution in [0.3, 0.4) is 0 Å². The number of nitrogens with zero attached hydrogens (tertiary/aromatic N) is 3. The van der Waals surface area contributed by atoms with Gasteiger partial charge in [-0.3, -0.25) is 13.8 Å². The Labute approximate surface area is 117 Å². The Bertz CT molecular complexity index is 1050. The third-order valence-electron chi connectivity index (χ3n) is 2.72. The van der Waals surface area contributed by atoms with Gasteiger partial charge in [0.2, 0.25) is 10.5 Å². The van der Waals surface area contributed by atoms with Crippen LogP contribution in [-0.2, 0) is 6.50 Å². The minimum Gasteiger partial charge on any atom is -0.276 e. The van der Waals surface area contributed by atoms with Gasteiger partial charge in [-0.1, -0.05) is 13.0 Å². The summed E-state index contributed by atoms with van der Waals surface area (Å²) < 4.78 is 47.3. The van der Waals surface area contributed by atoms with Gasteiger partial charge >= 0.3 is 0 Å². The lowest BCUT2D eigenvalue weighted by Gasteiger charge is -2.09. The third-order valence-corrected chi connectivity index (χ3v) is 3.00. The molecule has 0 saturated carbocycles. The molecule has 0 bridgehead atoms. The maximum atomic E-state index is 14.2. The fourth-order valence-electron chi connectivity index (χ4n) is 1.98. The number of para-hydroxylation sites is 1. The molecular weight excluding hydrogens is 267 g/mol. The van der Waals surface area contributed by atoms with E-state index < -0.39 is 24.2 Å². The molecule has 0 radical (unpaired) electrons. The first-order valence-electron chi connectivity index (χ1n) is 7.38. The SMILES string of the molecule is [2H]C([2H])(C)C([2H])([2H])n1c(=O)c2cccc(F)c2n2c(=S)[nH]nc12. The molecule has 0 unspecified atom stereocenters. The first kappa shape index (κ1) is 8.21. The van der Waals surface area contributed by atoms with E-state index in [-0.39, 0.29) is 21.5 Å². The molecule has 0 saturated heterocycles. The number of H-pyrrole nitrogens is 1.